The smallest absolute Gasteiger partial charge is 0.338 e. The summed E-state index contributed by atoms with van der Waals surface area (Å²) in [5.41, 5.74) is 3.26. The zero-order valence-electron chi connectivity index (χ0n) is 16.5. The molecule has 1 atom stereocenters. The number of nitrogens with one attached hydrogen (secondary N) is 2. The molecule has 7 heteroatoms. The number of nitrogens with zero attached hydrogens (tertiary/aromatic N) is 1. The summed E-state index contributed by atoms with van der Waals surface area (Å²) in [4.78, 5) is 38.6. The van der Waals surface area contributed by atoms with Crippen LogP contribution in [0.4, 0.5) is 11.4 Å². The lowest BCUT2D eigenvalue weighted by atomic mass is 9.97. The Morgan fingerprint density at radius 1 is 1.24 bits per heavy atom. The molecular formula is C22H27N3O4. The highest BCUT2D eigenvalue weighted by molar-refractivity contribution is 6.05. The van der Waals surface area contributed by atoms with Crippen LogP contribution in [0.3, 0.4) is 0 Å². The topological polar surface area (TPSA) is 87.7 Å². The van der Waals surface area contributed by atoms with Crippen molar-refractivity contribution in [3.8, 4) is 0 Å². The molecule has 154 valence electrons. The Balaban J connectivity index is 1.28. The van der Waals surface area contributed by atoms with E-state index in [1.54, 1.807) is 12.1 Å². The first-order valence-corrected chi connectivity index (χ1v) is 10.4. The quantitative estimate of drug-likeness (QED) is 0.569. The van der Waals surface area contributed by atoms with Crippen LogP contribution in [-0.4, -0.2) is 43.5 Å². The summed E-state index contributed by atoms with van der Waals surface area (Å²) in [5, 5.41) is 5.67. The van der Waals surface area contributed by atoms with Crippen molar-refractivity contribution >= 4 is 29.2 Å². The Bertz CT molecular complexity index is 848. The Kier molecular flexibility index (Phi) is 5.83. The Labute approximate surface area is 170 Å². The molecule has 1 aromatic carbocycles. The van der Waals surface area contributed by atoms with Crippen molar-refractivity contribution in [3.63, 3.8) is 0 Å². The van der Waals surface area contributed by atoms with Gasteiger partial charge in [-0.2, -0.15) is 0 Å². The van der Waals surface area contributed by atoms with Gasteiger partial charge in [0.1, 0.15) is 6.04 Å². The first-order chi connectivity index (χ1) is 14.1. The van der Waals surface area contributed by atoms with Crippen LogP contribution >= 0.6 is 0 Å². The summed E-state index contributed by atoms with van der Waals surface area (Å²) in [6.07, 6.45) is 9.64. The van der Waals surface area contributed by atoms with Gasteiger partial charge < -0.3 is 20.3 Å². The first kappa shape index (κ1) is 19.5. The van der Waals surface area contributed by atoms with Crippen LogP contribution in [0.5, 0.6) is 0 Å². The molecule has 4 rings (SSSR count). The summed E-state index contributed by atoms with van der Waals surface area (Å²) < 4.78 is 5.15. The van der Waals surface area contributed by atoms with Gasteiger partial charge in [0.15, 0.2) is 6.61 Å². The van der Waals surface area contributed by atoms with Gasteiger partial charge in [-0.3, -0.25) is 9.59 Å². The third kappa shape index (κ3) is 4.44. The summed E-state index contributed by atoms with van der Waals surface area (Å²) in [6, 6.07) is 5.02. The summed E-state index contributed by atoms with van der Waals surface area (Å²) in [6.45, 7) is 1.09. The van der Waals surface area contributed by atoms with Crippen molar-refractivity contribution in [3.05, 3.63) is 35.4 Å². The summed E-state index contributed by atoms with van der Waals surface area (Å²) in [7, 11) is 0. The lowest BCUT2D eigenvalue weighted by Crippen LogP contribution is -2.43. The fourth-order valence-electron chi connectivity index (χ4n) is 4.32. The van der Waals surface area contributed by atoms with Gasteiger partial charge >= 0.3 is 5.97 Å². The van der Waals surface area contributed by atoms with Crippen molar-refractivity contribution in [1.82, 2.24) is 5.32 Å². The normalized spacial score (nSPS) is 20.3. The van der Waals surface area contributed by atoms with E-state index in [0.717, 1.165) is 44.3 Å². The van der Waals surface area contributed by atoms with Gasteiger partial charge in [0.05, 0.1) is 16.9 Å². The van der Waals surface area contributed by atoms with Crippen LogP contribution in [-0.2, 0) is 14.3 Å². The molecular weight excluding hydrogens is 370 g/mol. The SMILES string of the molecule is O=C(COC(=O)c1ccc2c(c1)NC(=O)[C@@H]1CCCN21)NCCC1=CCCCC1. The van der Waals surface area contributed by atoms with Gasteiger partial charge in [0.25, 0.3) is 5.91 Å². The number of carbonyl (C=O) groups is 3. The van der Waals surface area contributed by atoms with Gasteiger partial charge in [-0.15, -0.1) is 0 Å². The van der Waals surface area contributed by atoms with Crippen LogP contribution in [0.2, 0.25) is 0 Å². The average molecular weight is 397 g/mol. The van der Waals surface area contributed by atoms with E-state index in [9.17, 15) is 14.4 Å². The third-order valence-electron chi connectivity index (χ3n) is 5.84. The summed E-state index contributed by atoms with van der Waals surface area (Å²) >= 11 is 0. The van der Waals surface area contributed by atoms with E-state index in [4.69, 9.17) is 4.74 Å². The molecule has 0 unspecified atom stereocenters. The number of allylic oxidation sites excluding steroid dienone is 1. The van der Waals surface area contributed by atoms with Crippen molar-refractivity contribution in [1.29, 1.82) is 0 Å². The largest absolute Gasteiger partial charge is 0.452 e. The average Bonchev–Trinajstić information content (AvgIpc) is 3.23. The molecule has 29 heavy (non-hydrogen) atoms. The van der Waals surface area contributed by atoms with E-state index >= 15 is 0 Å². The predicted molar refractivity (Wildman–Crippen MR) is 110 cm³/mol. The van der Waals surface area contributed by atoms with Crippen LogP contribution in [0.1, 0.15) is 55.3 Å². The maximum absolute atomic E-state index is 12.3. The Morgan fingerprint density at radius 2 is 2.14 bits per heavy atom. The highest BCUT2D eigenvalue weighted by Crippen LogP contribution is 2.37. The molecule has 1 aliphatic carbocycles. The molecule has 1 fully saturated rings. The maximum Gasteiger partial charge on any atom is 0.338 e. The number of rotatable bonds is 6. The van der Waals surface area contributed by atoms with Gasteiger partial charge in [-0.05, 0) is 63.1 Å². The third-order valence-corrected chi connectivity index (χ3v) is 5.84. The maximum atomic E-state index is 12.3. The van der Waals surface area contributed by atoms with Crippen molar-refractivity contribution in [2.75, 3.05) is 29.9 Å². The molecule has 0 aromatic heterocycles. The molecule has 2 heterocycles. The molecule has 0 spiro atoms. The number of fused-ring (bicyclic) bond motifs is 3. The van der Waals surface area contributed by atoms with Crippen LogP contribution < -0.4 is 15.5 Å². The van der Waals surface area contributed by atoms with Gasteiger partial charge in [0.2, 0.25) is 5.91 Å². The number of carbonyl (C=O) groups excluding carboxylic acids is 3. The minimum absolute atomic E-state index is 0.0343. The van der Waals surface area contributed by atoms with Crippen LogP contribution in [0, 0.1) is 0 Å². The Morgan fingerprint density at radius 3 is 2.97 bits per heavy atom. The van der Waals surface area contributed by atoms with Gasteiger partial charge in [-0.1, -0.05) is 11.6 Å². The standard InChI is InChI=1S/C22H27N3O4/c26-20(23-11-10-15-5-2-1-3-6-15)14-29-22(28)16-8-9-18-17(13-16)24-21(27)19-7-4-12-25(18)19/h5,8-9,13,19H,1-4,6-7,10-12,14H2,(H,23,26)(H,24,27)/t19-/m0/s1. The molecule has 2 N–H and O–H groups in total. The van der Waals surface area contributed by atoms with E-state index in [-0.39, 0.29) is 24.5 Å². The van der Waals surface area contributed by atoms with E-state index in [1.165, 1.54) is 18.4 Å². The van der Waals surface area contributed by atoms with Crippen molar-refractivity contribution in [2.45, 2.75) is 51.0 Å². The molecule has 3 aliphatic rings. The van der Waals surface area contributed by atoms with Crippen molar-refractivity contribution < 1.29 is 19.1 Å². The molecule has 7 nitrogen and oxygen atoms in total. The molecule has 2 amide bonds. The van der Waals surface area contributed by atoms with Crippen LogP contribution in [0.25, 0.3) is 0 Å². The molecule has 0 bridgehead atoms. The first-order valence-electron chi connectivity index (χ1n) is 10.4. The fourth-order valence-corrected chi connectivity index (χ4v) is 4.32. The second-order valence-electron chi connectivity index (χ2n) is 7.86. The van der Waals surface area contributed by atoms with E-state index in [2.05, 4.69) is 21.6 Å². The molecule has 1 saturated heterocycles. The molecule has 0 radical (unpaired) electrons. The molecule has 0 saturated carbocycles. The Hall–Kier alpha value is -2.83. The number of ether oxygens (including phenoxy) is 1. The number of hydrogen-bond donors (Lipinski definition) is 2. The molecule has 1 aromatic rings. The number of hydrogen-bond acceptors (Lipinski definition) is 5. The highest BCUT2D eigenvalue weighted by Gasteiger charge is 2.36. The van der Waals surface area contributed by atoms with Gasteiger partial charge in [-0.25, -0.2) is 4.79 Å². The van der Waals surface area contributed by atoms with Crippen molar-refractivity contribution in [2.24, 2.45) is 0 Å². The second-order valence-corrected chi connectivity index (χ2v) is 7.86. The number of esters is 1. The number of anilines is 2. The number of benzene rings is 1. The van der Waals surface area contributed by atoms with E-state index < -0.39 is 5.97 Å². The monoisotopic (exact) mass is 397 g/mol. The van der Waals surface area contributed by atoms with E-state index in [0.29, 0.717) is 17.8 Å². The second kappa shape index (κ2) is 8.68. The molecule has 2 aliphatic heterocycles. The predicted octanol–water partition coefficient (Wildman–Crippen LogP) is 2.77. The fraction of sp³-hybridized carbons (Fsp3) is 0.500. The summed E-state index contributed by atoms with van der Waals surface area (Å²) in [5.74, 6) is -0.912. The minimum Gasteiger partial charge on any atom is -0.452 e. The zero-order chi connectivity index (χ0) is 20.2. The highest BCUT2D eigenvalue weighted by atomic mass is 16.5. The van der Waals surface area contributed by atoms with Gasteiger partial charge in [0, 0.05) is 13.1 Å². The minimum atomic E-state index is -0.573. The van der Waals surface area contributed by atoms with E-state index in [1.807, 2.05) is 6.07 Å². The lowest BCUT2D eigenvalue weighted by molar-refractivity contribution is -0.124. The lowest BCUT2D eigenvalue weighted by Gasteiger charge is -2.33. The zero-order valence-corrected chi connectivity index (χ0v) is 16.5. The van der Waals surface area contributed by atoms with Crippen LogP contribution in [0.15, 0.2) is 29.8 Å². The number of amides is 2.